The zero-order chi connectivity index (χ0) is 22.4. The van der Waals surface area contributed by atoms with Crippen molar-refractivity contribution in [1.82, 2.24) is 0 Å². The first kappa shape index (κ1) is 22.9. The van der Waals surface area contributed by atoms with E-state index in [2.05, 4.69) is 17.4 Å². The quantitative estimate of drug-likeness (QED) is 0.398. The third kappa shape index (κ3) is 5.49. The number of ether oxygens (including phenoxy) is 2. The number of carbonyl (C=O) groups is 3. The predicted octanol–water partition coefficient (Wildman–Crippen LogP) is 1.54. The van der Waals surface area contributed by atoms with E-state index in [1.165, 1.54) is 18.2 Å². The second-order valence-corrected chi connectivity index (χ2v) is 8.46. The monoisotopic (exact) mass is 446 g/mol. The fourth-order valence-corrected chi connectivity index (χ4v) is 4.90. The lowest BCUT2D eigenvalue weighted by molar-refractivity contribution is -0.687. The molecule has 1 heterocycles. The highest BCUT2D eigenvalue weighted by Crippen LogP contribution is 2.33. The maximum absolute atomic E-state index is 12.7. The second-order valence-electron chi connectivity index (χ2n) is 7.44. The van der Waals surface area contributed by atoms with Gasteiger partial charge in [0.2, 0.25) is 0 Å². The van der Waals surface area contributed by atoms with Gasteiger partial charge in [0, 0.05) is 19.1 Å². The summed E-state index contributed by atoms with van der Waals surface area (Å²) in [5, 5.41) is 5.06. The van der Waals surface area contributed by atoms with E-state index >= 15 is 0 Å². The van der Waals surface area contributed by atoms with E-state index in [1.807, 2.05) is 17.4 Å². The van der Waals surface area contributed by atoms with Gasteiger partial charge >= 0.3 is 5.97 Å². The van der Waals surface area contributed by atoms with Crippen LogP contribution in [0.5, 0.6) is 0 Å². The molecule has 0 spiro atoms. The predicted molar refractivity (Wildman–Crippen MR) is 117 cm³/mol. The molecule has 166 valence electrons. The summed E-state index contributed by atoms with van der Waals surface area (Å²) in [6.45, 7) is 2.13. The summed E-state index contributed by atoms with van der Waals surface area (Å²) < 4.78 is 10.1. The van der Waals surface area contributed by atoms with Crippen LogP contribution >= 0.6 is 11.3 Å². The van der Waals surface area contributed by atoms with Gasteiger partial charge in [0.25, 0.3) is 11.8 Å². The normalized spacial score (nSPS) is 15.2. The lowest BCUT2D eigenvalue weighted by atomic mass is 9.88. The van der Waals surface area contributed by atoms with Crippen LogP contribution in [0.4, 0.5) is 5.00 Å². The molecular formula is C22H28N3O5S+. The standard InChI is InChI=1S/C22H27N3O5S/c1-13-18(22(28)30-11-10-29-2)21(31-19(13)20(23)27)25-17(26)12-24-16-9-5-7-14-6-3-4-8-15(14)16/h3-4,6,8,16,24H,5,7,9-12H2,1-2H3,(H2,23,27)(H,25,26)/p+1/t16-/m1/s1. The van der Waals surface area contributed by atoms with Crippen LogP contribution in [0.15, 0.2) is 24.3 Å². The first-order valence-electron chi connectivity index (χ1n) is 10.2. The Hall–Kier alpha value is -2.75. The molecule has 8 nitrogen and oxygen atoms in total. The van der Waals surface area contributed by atoms with Gasteiger partial charge in [-0.1, -0.05) is 24.3 Å². The van der Waals surface area contributed by atoms with Gasteiger partial charge in [0.15, 0.2) is 6.54 Å². The Bertz CT molecular complexity index is 972. The van der Waals surface area contributed by atoms with Crippen LogP contribution in [0.1, 0.15) is 55.6 Å². The molecule has 0 unspecified atom stereocenters. The highest BCUT2D eigenvalue weighted by molar-refractivity contribution is 7.18. The highest BCUT2D eigenvalue weighted by Gasteiger charge is 2.27. The Kier molecular flexibility index (Phi) is 7.78. The molecule has 2 aromatic rings. The van der Waals surface area contributed by atoms with Crippen molar-refractivity contribution in [3.05, 3.63) is 51.4 Å². The summed E-state index contributed by atoms with van der Waals surface area (Å²) in [4.78, 5) is 37.2. The van der Waals surface area contributed by atoms with E-state index in [-0.39, 0.29) is 47.1 Å². The van der Waals surface area contributed by atoms with Gasteiger partial charge < -0.3 is 25.8 Å². The number of amides is 2. The van der Waals surface area contributed by atoms with Crippen LogP contribution in [0, 0.1) is 6.92 Å². The molecule has 9 heteroatoms. The summed E-state index contributed by atoms with van der Waals surface area (Å²) in [7, 11) is 1.50. The number of hydrogen-bond acceptors (Lipinski definition) is 6. The molecule has 0 saturated heterocycles. The number of nitrogens with one attached hydrogen (secondary N) is 1. The largest absolute Gasteiger partial charge is 0.460 e. The summed E-state index contributed by atoms with van der Waals surface area (Å²) in [6, 6.07) is 8.53. The zero-order valence-electron chi connectivity index (χ0n) is 17.7. The summed E-state index contributed by atoms with van der Waals surface area (Å²) in [6.07, 6.45) is 3.15. The summed E-state index contributed by atoms with van der Waals surface area (Å²) in [5.41, 5.74) is 8.59. The van der Waals surface area contributed by atoms with Crippen LogP contribution in [0.25, 0.3) is 0 Å². The van der Waals surface area contributed by atoms with E-state index in [1.54, 1.807) is 6.92 Å². The lowest BCUT2D eigenvalue weighted by Crippen LogP contribution is -2.87. The number of nitrogens with two attached hydrogens (primary N) is 2. The van der Waals surface area contributed by atoms with Crippen molar-refractivity contribution in [2.75, 3.05) is 32.2 Å². The van der Waals surface area contributed by atoms with Crippen LogP contribution in [0.2, 0.25) is 0 Å². The number of quaternary nitrogens is 1. The van der Waals surface area contributed by atoms with Crippen LogP contribution in [-0.2, 0) is 20.7 Å². The van der Waals surface area contributed by atoms with Crippen LogP contribution in [0.3, 0.4) is 0 Å². The van der Waals surface area contributed by atoms with Crippen molar-refractivity contribution in [2.24, 2.45) is 5.73 Å². The third-order valence-corrected chi connectivity index (χ3v) is 6.57. The number of anilines is 1. The minimum atomic E-state index is -0.653. The van der Waals surface area contributed by atoms with Crippen molar-refractivity contribution in [3.8, 4) is 0 Å². The number of carbonyl (C=O) groups excluding carboxylic acids is 3. The molecule has 1 aromatic heterocycles. The molecule has 2 amide bonds. The van der Waals surface area contributed by atoms with Gasteiger partial charge in [0.05, 0.1) is 17.0 Å². The number of benzene rings is 1. The topological polar surface area (TPSA) is 124 Å². The number of primary amides is 1. The number of thiophene rings is 1. The second kappa shape index (κ2) is 10.5. The Morgan fingerprint density at radius 2 is 2.03 bits per heavy atom. The smallest absolute Gasteiger partial charge is 0.341 e. The molecule has 0 bridgehead atoms. The molecule has 0 radical (unpaired) electrons. The van der Waals surface area contributed by atoms with E-state index in [0.717, 1.165) is 30.6 Å². The van der Waals surface area contributed by atoms with E-state index in [9.17, 15) is 14.4 Å². The van der Waals surface area contributed by atoms with Crippen molar-refractivity contribution >= 4 is 34.1 Å². The summed E-state index contributed by atoms with van der Waals surface area (Å²) >= 11 is 0.988. The molecular weight excluding hydrogens is 418 g/mol. The average Bonchev–Trinajstić information content (AvgIpc) is 3.08. The van der Waals surface area contributed by atoms with Gasteiger partial charge in [-0.25, -0.2) is 4.79 Å². The maximum Gasteiger partial charge on any atom is 0.341 e. The van der Waals surface area contributed by atoms with Crippen molar-refractivity contribution in [3.63, 3.8) is 0 Å². The molecule has 0 aliphatic heterocycles. The number of esters is 1. The van der Waals surface area contributed by atoms with Crippen molar-refractivity contribution in [1.29, 1.82) is 0 Å². The minimum Gasteiger partial charge on any atom is -0.460 e. The Balaban J connectivity index is 1.70. The van der Waals surface area contributed by atoms with Crippen LogP contribution in [-0.4, -0.2) is 44.7 Å². The van der Waals surface area contributed by atoms with Gasteiger partial charge in [-0.05, 0) is 30.9 Å². The Morgan fingerprint density at radius 3 is 2.77 bits per heavy atom. The van der Waals surface area contributed by atoms with E-state index < -0.39 is 11.9 Å². The summed E-state index contributed by atoms with van der Waals surface area (Å²) in [5.74, 6) is -1.54. The number of aryl methyl sites for hydroxylation is 1. The molecule has 31 heavy (non-hydrogen) atoms. The van der Waals surface area contributed by atoms with Gasteiger partial charge in [0.1, 0.15) is 17.6 Å². The average molecular weight is 447 g/mol. The lowest BCUT2D eigenvalue weighted by Gasteiger charge is -2.23. The first-order valence-corrected chi connectivity index (χ1v) is 11.0. The third-order valence-electron chi connectivity index (χ3n) is 5.35. The number of fused-ring (bicyclic) bond motifs is 1. The molecule has 5 N–H and O–H groups in total. The highest BCUT2D eigenvalue weighted by atomic mass is 32.1. The minimum absolute atomic E-state index is 0.0682. The van der Waals surface area contributed by atoms with E-state index in [0.29, 0.717) is 5.56 Å². The van der Waals surface area contributed by atoms with Gasteiger partial charge in [-0.3, -0.25) is 9.59 Å². The maximum atomic E-state index is 12.7. The zero-order valence-corrected chi connectivity index (χ0v) is 18.6. The fraction of sp³-hybridized carbons (Fsp3) is 0.409. The molecule has 0 saturated carbocycles. The molecule has 1 aliphatic carbocycles. The van der Waals surface area contributed by atoms with Crippen LogP contribution < -0.4 is 16.4 Å². The SMILES string of the molecule is COCCOC(=O)c1c(NC(=O)C[NH2+][C@@H]2CCCc3ccccc32)sc(C(N)=O)c1C. The molecule has 1 aromatic carbocycles. The molecule has 0 fully saturated rings. The number of hydrogen-bond donors (Lipinski definition) is 3. The fourth-order valence-electron chi connectivity index (χ4n) is 3.84. The van der Waals surface area contributed by atoms with Crippen molar-refractivity contribution in [2.45, 2.75) is 32.2 Å². The van der Waals surface area contributed by atoms with Gasteiger partial charge in [-0.15, -0.1) is 11.3 Å². The Labute approximate surface area is 185 Å². The molecule has 3 rings (SSSR count). The van der Waals surface area contributed by atoms with Gasteiger partial charge in [-0.2, -0.15) is 0 Å². The number of methoxy groups -OCH3 is 1. The van der Waals surface area contributed by atoms with Crippen molar-refractivity contribution < 1.29 is 29.2 Å². The molecule has 1 atom stereocenters. The van der Waals surface area contributed by atoms with E-state index in [4.69, 9.17) is 15.2 Å². The first-order chi connectivity index (χ1) is 14.9. The number of rotatable bonds is 9. The molecule has 1 aliphatic rings. The Morgan fingerprint density at radius 1 is 1.26 bits per heavy atom.